The third-order valence-electron chi connectivity index (χ3n) is 3.81. The molecule has 2 rings (SSSR count). The molecule has 25 heavy (non-hydrogen) atoms. The van der Waals surface area contributed by atoms with Gasteiger partial charge in [-0.2, -0.15) is 17.6 Å². The number of halogens is 6. The average molecular weight is 372 g/mol. The van der Waals surface area contributed by atoms with E-state index < -0.39 is 36.9 Å². The van der Waals surface area contributed by atoms with E-state index in [0.29, 0.717) is 13.1 Å². The molecule has 0 unspecified atom stereocenters. The Morgan fingerprint density at radius 3 is 2.36 bits per heavy atom. The number of rotatable bonds is 7. The zero-order valence-corrected chi connectivity index (χ0v) is 13.1. The summed E-state index contributed by atoms with van der Waals surface area (Å²) in [5, 5.41) is 12.0. The van der Waals surface area contributed by atoms with Gasteiger partial charge in [0.15, 0.2) is 0 Å². The summed E-state index contributed by atoms with van der Waals surface area (Å²) in [6.45, 7) is -0.0632. The number of aliphatic hydroxyl groups excluding tert-OH is 1. The van der Waals surface area contributed by atoms with E-state index in [-0.39, 0.29) is 18.7 Å². The number of nitrogens with one attached hydrogen (secondary N) is 1. The van der Waals surface area contributed by atoms with E-state index in [9.17, 15) is 26.3 Å². The fourth-order valence-corrected chi connectivity index (χ4v) is 2.70. The smallest absolute Gasteiger partial charge is 0.428 e. The highest BCUT2D eigenvalue weighted by Gasteiger charge is 2.46. The van der Waals surface area contributed by atoms with Gasteiger partial charge in [-0.25, -0.2) is 8.78 Å². The molecule has 0 aromatic heterocycles. The van der Waals surface area contributed by atoms with Gasteiger partial charge in [0.05, 0.1) is 0 Å². The minimum Gasteiger partial charge on any atom is -0.428 e. The number of ether oxygens (including phenoxy) is 1. The summed E-state index contributed by atoms with van der Waals surface area (Å²) in [4.78, 5) is 1.40. The summed E-state index contributed by atoms with van der Waals surface area (Å²) in [5.41, 5.74) is -0.108. The monoisotopic (exact) mass is 372 g/mol. The second kappa shape index (κ2) is 7.79. The Balaban J connectivity index is 2.32. The highest BCUT2D eigenvalue weighted by Crippen LogP contribution is 2.38. The Labute approximate surface area is 140 Å². The molecule has 1 atom stereocenters. The first-order valence-corrected chi connectivity index (χ1v) is 7.56. The van der Waals surface area contributed by atoms with Crippen molar-refractivity contribution < 1.29 is 36.2 Å². The quantitative estimate of drug-likeness (QED) is 0.722. The molecule has 0 aliphatic carbocycles. The van der Waals surface area contributed by atoms with Gasteiger partial charge in [-0.3, -0.25) is 4.90 Å². The molecule has 4 nitrogen and oxygen atoms in total. The van der Waals surface area contributed by atoms with Crippen molar-refractivity contribution in [2.45, 2.75) is 24.5 Å². The van der Waals surface area contributed by atoms with Crippen LogP contribution in [0.2, 0.25) is 0 Å². The highest BCUT2D eigenvalue weighted by molar-refractivity contribution is 5.32. The second-order valence-corrected chi connectivity index (χ2v) is 5.64. The number of alkyl halides is 6. The van der Waals surface area contributed by atoms with E-state index in [0.717, 1.165) is 18.2 Å². The van der Waals surface area contributed by atoms with Crippen LogP contribution in [0.15, 0.2) is 24.3 Å². The second-order valence-electron chi connectivity index (χ2n) is 5.64. The van der Waals surface area contributed by atoms with Crippen molar-refractivity contribution in [1.29, 1.82) is 0 Å². The molecule has 1 aliphatic rings. The van der Waals surface area contributed by atoms with Gasteiger partial charge in [0.1, 0.15) is 18.4 Å². The van der Waals surface area contributed by atoms with Crippen molar-refractivity contribution in [2.24, 2.45) is 0 Å². The number of nitrogens with zero attached hydrogens (tertiary/aromatic N) is 1. The first-order chi connectivity index (χ1) is 11.7. The fourth-order valence-electron chi connectivity index (χ4n) is 2.70. The van der Waals surface area contributed by atoms with E-state index in [1.54, 1.807) is 0 Å². The molecular weight excluding hydrogens is 354 g/mol. The minimum absolute atomic E-state index is 0.108. The molecule has 10 heteroatoms. The zero-order valence-electron chi connectivity index (χ0n) is 13.1. The van der Waals surface area contributed by atoms with Crippen molar-refractivity contribution in [1.82, 2.24) is 10.2 Å². The number of hydrogen-bond acceptors (Lipinski definition) is 4. The lowest BCUT2D eigenvalue weighted by Gasteiger charge is -2.38. The molecule has 0 spiro atoms. The Hall–Kier alpha value is -1.52. The topological polar surface area (TPSA) is 44.7 Å². The van der Waals surface area contributed by atoms with Crippen LogP contribution in [0, 0.1) is 0 Å². The van der Waals surface area contributed by atoms with Gasteiger partial charge < -0.3 is 15.2 Å². The van der Waals surface area contributed by atoms with Crippen molar-refractivity contribution in [3.05, 3.63) is 29.8 Å². The van der Waals surface area contributed by atoms with E-state index in [4.69, 9.17) is 5.11 Å². The molecular formula is C15H18F6N2O2. The largest absolute Gasteiger partial charge is 0.461 e. The van der Waals surface area contributed by atoms with E-state index >= 15 is 0 Å². The first kappa shape index (κ1) is 19.8. The maximum atomic E-state index is 14.3. The van der Waals surface area contributed by atoms with E-state index in [1.807, 2.05) is 0 Å². The van der Waals surface area contributed by atoms with Gasteiger partial charge in [0.25, 0.3) is 5.92 Å². The van der Waals surface area contributed by atoms with Crippen LogP contribution in [-0.2, 0) is 0 Å². The summed E-state index contributed by atoms with van der Waals surface area (Å²) in [5.74, 6) is -4.21. The summed E-state index contributed by atoms with van der Waals surface area (Å²) in [6.07, 6.45) is -8.79. The molecule has 1 saturated heterocycles. The lowest BCUT2D eigenvalue weighted by atomic mass is 9.98. The Morgan fingerprint density at radius 1 is 1.16 bits per heavy atom. The van der Waals surface area contributed by atoms with E-state index in [1.165, 1.54) is 11.0 Å². The third-order valence-corrected chi connectivity index (χ3v) is 3.81. The van der Waals surface area contributed by atoms with Crippen LogP contribution < -0.4 is 10.1 Å². The van der Waals surface area contributed by atoms with Gasteiger partial charge in [-0.15, -0.1) is 0 Å². The molecule has 1 heterocycles. The minimum atomic E-state index is -4.73. The van der Waals surface area contributed by atoms with Crippen molar-refractivity contribution in [3.63, 3.8) is 0 Å². The molecule has 1 fully saturated rings. The van der Waals surface area contributed by atoms with Crippen LogP contribution in [0.3, 0.4) is 0 Å². The maximum Gasteiger partial charge on any atom is 0.461 e. The number of benzene rings is 1. The van der Waals surface area contributed by atoms with Crippen molar-refractivity contribution in [3.8, 4) is 5.75 Å². The van der Waals surface area contributed by atoms with Crippen molar-refractivity contribution >= 4 is 0 Å². The van der Waals surface area contributed by atoms with Gasteiger partial charge in [-0.1, -0.05) is 12.1 Å². The molecule has 0 saturated carbocycles. The van der Waals surface area contributed by atoms with Gasteiger partial charge >= 0.3 is 12.5 Å². The predicted octanol–water partition coefficient (Wildman–Crippen LogP) is 2.50. The molecule has 1 aliphatic heterocycles. The van der Waals surface area contributed by atoms with Crippen LogP contribution in [0.25, 0.3) is 0 Å². The average Bonchev–Trinajstić information content (AvgIpc) is 2.55. The molecule has 1 aromatic rings. The van der Waals surface area contributed by atoms with Gasteiger partial charge in [0, 0.05) is 26.2 Å². The van der Waals surface area contributed by atoms with Crippen molar-refractivity contribution in [2.75, 3.05) is 32.8 Å². The molecule has 0 radical (unpaired) electrons. The van der Waals surface area contributed by atoms with E-state index in [2.05, 4.69) is 10.1 Å². The van der Waals surface area contributed by atoms with Crippen LogP contribution >= 0.6 is 0 Å². The lowest BCUT2D eigenvalue weighted by molar-refractivity contribution is -0.253. The Kier molecular flexibility index (Phi) is 6.17. The molecule has 2 N–H and O–H groups in total. The lowest BCUT2D eigenvalue weighted by Crippen LogP contribution is -2.51. The SMILES string of the molecule is OCC(F)(F)[C@@H](c1cccc(OC(F)(F)C(F)F)c1)N1CCNCC1. The summed E-state index contributed by atoms with van der Waals surface area (Å²) < 4.78 is 83.1. The molecule has 0 amide bonds. The third kappa shape index (κ3) is 4.77. The van der Waals surface area contributed by atoms with Crippen LogP contribution in [-0.4, -0.2) is 61.2 Å². The molecule has 142 valence electrons. The first-order valence-electron chi connectivity index (χ1n) is 7.56. The summed E-state index contributed by atoms with van der Waals surface area (Å²) >= 11 is 0. The van der Waals surface area contributed by atoms with Crippen LogP contribution in [0.5, 0.6) is 5.75 Å². The standard InChI is InChI=1S/C15H18F6N2O2/c16-13(17)15(20,21)25-11-3-1-2-10(8-11)12(14(18,19)9-24)23-6-4-22-5-7-23/h1-3,8,12-13,22,24H,4-7,9H2/t12-/m1/s1. The number of aliphatic hydroxyl groups is 1. The number of piperazine rings is 1. The fraction of sp³-hybridized carbons (Fsp3) is 0.600. The normalized spacial score (nSPS) is 18.4. The number of hydrogen-bond donors (Lipinski definition) is 2. The predicted molar refractivity (Wildman–Crippen MR) is 77.2 cm³/mol. The zero-order chi connectivity index (χ0) is 18.7. The summed E-state index contributed by atoms with van der Waals surface area (Å²) in [6, 6.07) is 2.67. The van der Waals surface area contributed by atoms with Crippen LogP contribution in [0.4, 0.5) is 26.3 Å². The van der Waals surface area contributed by atoms with Gasteiger partial charge in [-0.05, 0) is 17.7 Å². The molecule has 0 bridgehead atoms. The Bertz CT molecular complexity index is 567. The highest BCUT2D eigenvalue weighted by atomic mass is 19.3. The summed E-state index contributed by atoms with van der Waals surface area (Å²) in [7, 11) is 0. The molecule has 1 aromatic carbocycles. The van der Waals surface area contributed by atoms with Gasteiger partial charge in [0.2, 0.25) is 0 Å². The maximum absolute atomic E-state index is 14.3. The van der Waals surface area contributed by atoms with Crippen LogP contribution in [0.1, 0.15) is 11.6 Å². The Morgan fingerprint density at radius 2 is 1.80 bits per heavy atom.